The Kier molecular flexibility index (Phi) is 21.2. The molecule has 15 aromatic rings. The molecule has 0 radical (unpaired) electrons. The number of benzene rings is 15. The van der Waals surface area contributed by atoms with Gasteiger partial charge in [-0.1, -0.05) is 273 Å². The molecule has 2 unspecified atom stereocenters. The van der Waals surface area contributed by atoms with Crippen LogP contribution in [0.1, 0.15) is 160 Å². The highest BCUT2D eigenvalue weighted by atomic mass is 79.9. The Morgan fingerprint density at radius 3 is 1.05 bits per heavy atom. The van der Waals surface area contributed by atoms with Gasteiger partial charge in [0.25, 0.3) is 0 Å². The second-order valence-electron chi connectivity index (χ2n) is 37.1. The van der Waals surface area contributed by atoms with Crippen LogP contribution in [0.25, 0.3) is 65.7 Å². The van der Waals surface area contributed by atoms with Crippen LogP contribution in [0.2, 0.25) is 0 Å². The van der Waals surface area contributed by atoms with Gasteiger partial charge in [-0.2, -0.15) is 0 Å². The summed E-state index contributed by atoms with van der Waals surface area (Å²) < 4.78 is 6.42. The normalized spacial score (nSPS) is 17.8. The number of halogens is 6. The molecule has 1 fully saturated rings. The molecular formula is C110H100Br6N4. The molecule has 0 aromatic heterocycles. The highest BCUT2D eigenvalue weighted by Crippen LogP contribution is 2.76. The summed E-state index contributed by atoms with van der Waals surface area (Å²) in [7, 11) is 2.24. The first-order chi connectivity index (χ1) is 57.2. The maximum Gasteiger partial charge on any atom is 0.0546 e. The van der Waals surface area contributed by atoms with Crippen molar-refractivity contribution in [3.63, 3.8) is 0 Å². The van der Waals surface area contributed by atoms with Gasteiger partial charge in [0.15, 0.2) is 0 Å². The van der Waals surface area contributed by atoms with Gasteiger partial charge >= 0.3 is 0 Å². The Labute approximate surface area is 760 Å². The number of fused-ring (bicyclic) bond motifs is 9. The van der Waals surface area contributed by atoms with Crippen molar-refractivity contribution in [2.24, 2.45) is 10.8 Å². The zero-order chi connectivity index (χ0) is 84.1. The van der Waals surface area contributed by atoms with Crippen molar-refractivity contribution >= 4 is 179 Å². The molecule has 1 aliphatic heterocycles. The summed E-state index contributed by atoms with van der Waals surface area (Å²) in [6, 6.07) is 111. The molecule has 602 valence electrons. The minimum atomic E-state index is -0.0665. The number of anilines is 9. The molecule has 4 nitrogen and oxygen atoms in total. The summed E-state index contributed by atoms with van der Waals surface area (Å²) in [4.78, 5) is 9.63. The summed E-state index contributed by atoms with van der Waals surface area (Å²) >= 11 is 21.8. The molecule has 0 amide bonds. The van der Waals surface area contributed by atoms with Gasteiger partial charge in [0.2, 0.25) is 0 Å². The van der Waals surface area contributed by atoms with E-state index >= 15 is 0 Å². The fourth-order valence-electron chi connectivity index (χ4n) is 21.3. The summed E-state index contributed by atoms with van der Waals surface area (Å²) in [5, 5.41) is 7.50. The van der Waals surface area contributed by atoms with E-state index in [4.69, 9.17) is 0 Å². The lowest BCUT2D eigenvalue weighted by Crippen LogP contribution is -2.55. The number of nitrogens with zero attached hydrogens (tertiary/aromatic N) is 4. The summed E-state index contributed by atoms with van der Waals surface area (Å²) in [6.07, 6.45) is 4.06. The Balaban J connectivity index is 0.000000124. The van der Waals surface area contributed by atoms with Crippen LogP contribution in [0.15, 0.2) is 330 Å². The molecule has 10 heteroatoms. The third-order valence-electron chi connectivity index (χ3n) is 29.8. The lowest BCUT2D eigenvalue weighted by Gasteiger charge is -2.56. The average molecular weight is 1960 g/mol. The van der Waals surface area contributed by atoms with Crippen LogP contribution < -0.4 is 14.7 Å². The molecule has 0 N–H and O–H groups in total. The number of hydrogen-bond donors (Lipinski definition) is 0. The van der Waals surface area contributed by atoms with Crippen LogP contribution in [0.5, 0.6) is 0 Å². The van der Waals surface area contributed by atoms with E-state index < -0.39 is 0 Å². The Bertz CT molecular complexity index is 6320. The average Bonchev–Trinajstić information content (AvgIpc) is 1.47. The van der Waals surface area contributed by atoms with E-state index in [0.717, 1.165) is 84.2 Å². The molecular weight excluding hydrogens is 1860 g/mol. The van der Waals surface area contributed by atoms with Gasteiger partial charge in [0.05, 0.1) is 11.4 Å². The molecule has 120 heavy (non-hydrogen) atoms. The topological polar surface area (TPSA) is 13.0 Å². The molecule has 20 rings (SSSR count). The van der Waals surface area contributed by atoms with E-state index in [2.05, 4.69) is 516 Å². The highest BCUT2D eigenvalue weighted by Gasteiger charge is 2.72. The highest BCUT2D eigenvalue weighted by molar-refractivity contribution is 9.11. The maximum absolute atomic E-state index is 3.67. The fraction of sp³-hybridized carbons (Fsp3) is 0.236. The summed E-state index contributed by atoms with van der Waals surface area (Å²) in [5.41, 5.74) is 28.5. The van der Waals surface area contributed by atoms with E-state index in [-0.39, 0.29) is 38.2 Å². The quantitative estimate of drug-likeness (QED) is 0.121. The van der Waals surface area contributed by atoms with E-state index in [9.17, 15) is 0 Å². The van der Waals surface area contributed by atoms with Crippen LogP contribution in [-0.2, 0) is 27.3 Å². The lowest BCUT2D eigenvalue weighted by molar-refractivity contribution is -0.0105. The molecule has 5 aliphatic rings. The van der Waals surface area contributed by atoms with Gasteiger partial charge in [-0.05, 0) is 369 Å². The summed E-state index contributed by atoms with van der Waals surface area (Å²) in [6.45, 7) is 31.9. The van der Waals surface area contributed by atoms with Gasteiger partial charge in [-0.15, -0.1) is 0 Å². The third kappa shape index (κ3) is 13.8. The van der Waals surface area contributed by atoms with E-state index in [1.807, 2.05) is 0 Å². The van der Waals surface area contributed by atoms with Crippen LogP contribution in [0, 0.1) is 10.8 Å². The minimum absolute atomic E-state index is 0.00370. The molecule has 2 bridgehead atoms. The van der Waals surface area contributed by atoms with E-state index in [0.29, 0.717) is 0 Å². The van der Waals surface area contributed by atoms with Crippen LogP contribution >= 0.6 is 95.6 Å². The SMILES string of the molecule is Brc1ccc(N(c2ccc(Br)cc2)c2cc(-c3ccc4c(c3)C3CCC4C3)c3ccccc3c2)cc1.CC1(C)c2cc(-c3cc4ccccc4cc3N(c3ccc(Br)cc3)c3ccc(Br)cc3)cc3c2C(C)(C1(C)C)C(C)(C)C3(C)C.CN1C(C)(C)c2ccc(-c3cc4ccccc4cc3N(c3ccc(Br)cc3)c3ccc(Br)cc3)cc2C1(C)C. The summed E-state index contributed by atoms with van der Waals surface area (Å²) in [5.74, 6) is 1.54. The zero-order valence-corrected chi connectivity index (χ0v) is 80.2. The Morgan fingerprint density at radius 2 is 0.625 bits per heavy atom. The molecule has 4 aliphatic carbocycles. The van der Waals surface area contributed by atoms with Crippen molar-refractivity contribution in [2.75, 3.05) is 21.7 Å². The second kappa shape index (κ2) is 31.0. The van der Waals surface area contributed by atoms with Gasteiger partial charge in [-0.25, -0.2) is 0 Å². The monoisotopic (exact) mass is 1950 g/mol. The van der Waals surface area contributed by atoms with Gasteiger partial charge in [-0.3, -0.25) is 4.90 Å². The van der Waals surface area contributed by atoms with Crippen LogP contribution in [-0.4, -0.2) is 11.9 Å². The largest absolute Gasteiger partial charge is 0.310 e. The second-order valence-corrected chi connectivity index (χ2v) is 42.6. The first-order valence-corrected chi connectivity index (χ1v) is 46.8. The van der Waals surface area contributed by atoms with Crippen molar-refractivity contribution in [3.05, 3.63) is 369 Å². The fourth-order valence-corrected chi connectivity index (χ4v) is 22.9. The smallest absolute Gasteiger partial charge is 0.0546 e. The molecule has 1 saturated carbocycles. The number of rotatable bonds is 12. The van der Waals surface area contributed by atoms with E-state index in [1.54, 1.807) is 16.7 Å². The molecule has 0 saturated heterocycles. The van der Waals surface area contributed by atoms with Crippen molar-refractivity contribution in [1.82, 2.24) is 4.90 Å². The standard InChI is InChI=1S/C42H43Br2N.C35H32Br2N2.C33H25Br2N/c1-38(2)34-23-28(24-35-37(34)42(9,40(38,5)6)41(7,8)39(35,3)4)33-22-26-12-10-11-13-27(26)25-36(33)45(31-18-14-29(43)15-19-31)32-20-16-30(44)17-21-32;1-34(2)31-19-10-25(21-32(31)35(3,4)38(34)5)30-20-23-8-6-7-9-24(23)22-33(30)39(28-15-11-26(36)12-16-28)29-17-13-27(37)14-18-29;34-25-8-12-27(13-9-25)36(28-14-10-26(35)11-15-28)29-18-21-3-1-2-4-30(21)33(20-29)24-7-16-31-22-5-6-23(17-22)32(31)19-24/h10-25H,1-9H3;6-22H,1-5H3;1-4,7-16,18-20,22-23H,5-6,17H2. The molecule has 2 atom stereocenters. The van der Waals surface area contributed by atoms with Crippen molar-refractivity contribution in [1.29, 1.82) is 0 Å². The van der Waals surface area contributed by atoms with Crippen molar-refractivity contribution in [3.8, 4) is 33.4 Å². The predicted octanol–water partition coefficient (Wildman–Crippen LogP) is 35.2. The van der Waals surface area contributed by atoms with Gasteiger partial charge in [0.1, 0.15) is 0 Å². The lowest BCUT2D eigenvalue weighted by atomic mass is 9.47. The molecule has 0 spiro atoms. The third-order valence-corrected chi connectivity index (χ3v) is 33.0. The first-order valence-electron chi connectivity index (χ1n) is 42.0. The van der Waals surface area contributed by atoms with Crippen LogP contribution in [0.4, 0.5) is 51.2 Å². The van der Waals surface area contributed by atoms with Crippen molar-refractivity contribution in [2.45, 2.75) is 148 Å². The van der Waals surface area contributed by atoms with E-state index in [1.165, 1.54) is 113 Å². The van der Waals surface area contributed by atoms with Gasteiger partial charge < -0.3 is 14.7 Å². The minimum Gasteiger partial charge on any atom is -0.310 e. The maximum atomic E-state index is 3.67. The zero-order valence-electron chi connectivity index (χ0n) is 70.7. The van der Waals surface area contributed by atoms with Crippen molar-refractivity contribution < 1.29 is 0 Å². The molecule has 15 aromatic carbocycles. The number of hydrogen-bond acceptors (Lipinski definition) is 4. The Morgan fingerprint density at radius 1 is 0.283 bits per heavy atom. The Hall–Kier alpha value is -8.68. The van der Waals surface area contributed by atoms with Crippen LogP contribution in [0.3, 0.4) is 0 Å². The first kappa shape index (κ1) is 82.3. The predicted molar refractivity (Wildman–Crippen MR) is 533 cm³/mol. The molecule has 1 heterocycles. The van der Waals surface area contributed by atoms with Gasteiger partial charge in [0, 0.05) is 94.3 Å².